The van der Waals surface area contributed by atoms with Crippen LogP contribution in [-0.4, -0.2) is 35.5 Å². The van der Waals surface area contributed by atoms with Crippen LogP contribution in [0.5, 0.6) is 0 Å². The lowest BCUT2D eigenvalue weighted by atomic mass is 10.1. The van der Waals surface area contributed by atoms with Gasteiger partial charge in [0.15, 0.2) is 0 Å². The summed E-state index contributed by atoms with van der Waals surface area (Å²) in [5.41, 5.74) is 3.75. The number of para-hydroxylation sites is 1. The van der Waals surface area contributed by atoms with Gasteiger partial charge in [-0.1, -0.05) is 48.0 Å². The summed E-state index contributed by atoms with van der Waals surface area (Å²) in [6.07, 6.45) is 4.49. The molecule has 0 bridgehead atoms. The lowest BCUT2D eigenvalue weighted by molar-refractivity contribution is -0.119. The molecule has 1 aliphatic heterocycles. The molecule has 0 unspecified atom stereocenters. The second-order valence-electron chi connectivity index (χ2n) is 7.36. The fourth-order valence-electron chi connectivity index (χ4n) is 3.69. The number of hydrogen-bond donors (Lipinski definition) is 1. The number of aromatic nitrogens is 1. The molecule has 2 aromatic carbocycles. The highest BCUT2D eigenvalue weighted by Gasteiger charge is 2.16. The first kappa shape index (κ1) is 19.1. The zero-order chi connectivity index (χ0) is 19.3. The molecule has 0 spiro atoms. The van der Waals surface area contributed by atoms with E-state index in [2.05, 4.69) is 71.5 Å². The summed E-state index contributed by atoms with van der Waals surface area (Å²) < 4.78 is 7.84. The number of carbonyl (C=O) groups is 1. The molecule has 1 fully saturated rings. The van der Waals surface area contributed by atoms with Crippen molar-refractivity contribution < 1.29 is 9.53 Å². The molecule has 1 amide bonds. The minimum absolute atomic E-state index is 0.0658. The number of aryl methyl sites for hydroxylation is 1. The van der Waals surface area contributed by atoms with Gasteiger partial charge in [0.1, 0.15) is 0 Å². The Hall–Kier alpha value is -2.24. The van der Waals surface area contributed by atoms with Gasteiger partial charge in [-0.05, 0) is 31.4 Å². The van der Waals surface area contributed by atoms with Gasteiger partial charge in [-0.3, -0.25) is 4.79 Å². The predicted molar refractivity (Wildman–Crippen MR) is 115 cm³/mol. The van der Waals surface area contributed by atoms with Crippen LogP contribution in [0.1, 0.15) is 24.0 Å². The molecule has 0 radical (unpaired) electrons. The molecular formula is C23H26N2O2S. The summed E-state index contributed by atoms with van der Waals surface area (Å²) in [5.74, 6) is 0.488. The van der Waals surface area contributed by atoms with Crippen molar-refractivity contribution in [2.24, 2.45) is 0 Å². The first-order valence-electron chi connectivity index (χ1n) is 9.83. The molecule has 4 nitrogen and oxygen atoms in total. The van der Waals surface area contributed by atoms with Crippen LogP contribution in [0, 0.1) is 6.92 Å². The van der Waals surface area contributed by atoms with Gasteiger partial charge in [0.05, 0.1) is 11.9 Å². The molecular weight excluding hydrogens is 368 g/mol. The summed E-state index contributed by atoms with van der Waals surface area (Å²) >= 11 is 1.60. The second-order valence-corrected chi connectivity index (χ2v) is 8.37. The van der Waals surface area contributed by atoms with E-state index in [0.717, 1.165) is 30.9 Å². The van der Waals surface area contributed by atoms with Crippen molar-refractivity contribution in [1.29, 1.82) is 0 Å². The summed E-state index contributed by atoms with van der Waals surface area (Å²) in [6.45, 7) is 4.38. The van der Waals surface area contributed by atoms with E-state index in [1.54, 1.807) is 11.8 Å². The molecule has 1 aliphatic rings. The molecule has 146 valence electrons. The van der Waals surface area contributed by atoms with Crippen LogP contribution in [0.2, 0.25) is 0 Å². The number of carbonyl (C=O) groups excluding carboxylic acids is 1. The third kappa shape index (κ3) is 4.59. The number of thioether (sulfide) groups is 1. The summed E-state index contributed by atoms with van der Waals surface area (Å²) in [5, 5.41) is 4.21. The average Bonchev–Trinajstić information content (AvgIpc) is 3.33. The van der Waals surface area contributed by atoms with Gasteiger partial charge in [-0.15, -0.1) is 11.8 Å². The number of hydrogen-bond acceptors (Lipinski definition) is 3. The van der Waals surface area contributed by atoms with Crippen molar-refractivity contribution in [2.75, 3.05) is 18.9 Å². The van der Waals surface area contributed by atoms with Crippen LogP contribution in [0.15, 0.2) is 59.6 Å². The van der Waals surface area contributed by atoms with E-state index in [1.807, 2.05) is 0 Å². The summed E-state index contributed by atoms with van der Waals surface area (Å²) in [6, 6.07) is 17.0. The minimum Gasteiger partial charge on any atom is -0.376 e. The fraction of sp³-hybridized carbons (Fsp3) is 0.348. The van der Waals surface area contributed by atoms with E-state index >= 15 is 0 Å². The Morgan fingerprint density at radius 2 is 2.14 bits per heavy atom. The van der Waals surface area contributed by atoms with Crippen molar-refractivity contribution in [3.63, 3.8) is 0 Å². The topological polar surface area (TPSA) is 43.3 Å². The zero-order valence-corrected chi connectivity index (χ0v) is 17.0. The number of ether oxygens (including phenoxy) is 1. The first-order chi connectivity index (χ1) is 13.7. The fourth-order valence-corrected chi connectivity index (χ4v) is 4.61. The van der Waals surface area contributed by atoms with E-state index in [1.165, 1.54) is 22.0 Å². The predicted octanol–water partition coefficient (Wildman–Crippen LogP) is 4.39. The van der Waals surface area contributed by atoms with E-state index in [0.29, 0.717) is 12.3 Å². The highest BCUT2D eigenvalue weighted by molar-refractivity contribution is 8.00. The number of nitrogens with zero attached hydrogens (tertiary/aromatic N) is 1. The van der Waals surface area contributed by atoms with Gasteiger partial charge >= 0.3 is 0 Å². The molecule has 2 heterocycles. The molecule has 4 rings (SSSR count). The molecule has 0 aliphatic carbocycles. The van der Waals surface area contributed by atoms with Gasteiger partial charge in [0, 0.05) is 41.7 Å². The number of amides is 1. The van der Waals surface area contributed by atoms with E-state index < -0.39 is 0 Å². The van der Waals surface area contributed by atoms with Crippen molar-refractivity contribution in [1.82, 2.24) is 9.88 Å². The number of nitrogens with one attached hydrogen (secondary N) is 1. The van der Waals surface area contributed by atoms with Gasteiger partial charge in [-0.25, -0.2) is 0 Å². The van der Waals surface area contributed by atoms with Crippen molar-refractivity contribution >= 4 is 28.6 Å². The van der Waals surface area contributed by atoms with Crippen molar-refractivity contribution in [2.45, 2.75) is 37.3 Å². The Labute approximate surface area is 170 Å². The highest BCUT2D eigenvalue weighted by Crippen LogP contribution is 2.30. The van der Waals surface area contributed by atoms with Gasteiger partial charge in [0.2, 0.25) is 5.91 Å². The Morgan fingerprint density at radius 1 is 1.25 bits per heavy atom. The number of fused-ring (bicyclic) bond motifs is 1. The maximum absolute atomic E-state index is 12.3. The van der Waals surface area contributed by atoms with Gasteiger partial charge < -0.3 is 14.6 Å². The SMILES string of the molecule is Cc1cccc(Cn2cc(SCC(=O)NC[C@H]3CCCO3)c3ccccc32)c1. The minimum atomic E-state index is 0.0658. The van der Waals surface area contributed by atoms with E-state index in [4.69, 9.17) is 4.74 Å². The highest BCUT2D eigenvalue weighted by atomic mass is 32.2. The standard InChI is InChI=1S/C23H26N2O2S/c1-17-6-4-7-18(12-17)14-25-15-22(20-9-2-3-10-21(20)25)28-16-23(26)24-13-19-8-5-11-27-19/h2-4,6-7,9-10,12,15,19H,5,8,11,13-14,16H2,1H3,(H,24,26)/t19-/m1/s1. The third-order valence-corrected chi connectivity index (χ3v) is 6.14. The van der Waals surface area contributed by atoms with Crippen LogP contribution in [-0.2, 0) is 16.1 Å². The van der Waals surface area contributed by atoms with Crippen LogP contribution in [0.3, 0.4) is 0 Å². The zero-order valence-electron chi connectivity index (χ0n) is 16.2. The lowest BCUT2D eigenvalue weighted by Crippen LogP contribution is -2.32. The smallest absolute Gasteiger partial charge is 0.230 e. The second kappa shape index (κ2) is 8.84. The first-order valence-corrected chi connectivity index (χ1v) is 10.8. The monoisotopic (exact) mass is 394 g/mol. The number of rotatable bonds is 7. The maximum atomic E-state index is 12.3. The molecule has 1 N–H and O–H groups in total. The Balaban J connectivity index is 1.44. The van der Waals surface area contributed by atoms with Crippen LogP contribution in [0.4, 0.5) is 0 Å². The average molecular weight is 395 g/mol. The lowest BCUT2D eigenvalue weighted by Gasteiger charge is -2.10. The molecule has 28 heavy (non-hydrogen) atoms. The molecule has 5 heteroatoms. The van der Waals surface area contributed by atoms with Crippen LogP contribution < -0.4 is 5.32 Å². The summed E-state index contributed by atoms with van der Waals surface area (Å²) in [4.78, 5) is 13.4. The van der Waals surface area contributed by atoms with Gasteiger partial charge in [-0.2, -0.15) is 0 Å². The molecule has 1 saturated heterocycles. The quantitative estimate of drug-likeness (QED) is 0.605. The Kier molecular flexibility index (Phi) is 6.03. The Bertz CT molecular complexity index is 960. The maximum Gasteiger partial charge on any atom is 0.230 e. The van der Waals surface area contributed by atoms with Crippen molar-refractivity contribution in [3.05, 3.63) is 65.9 Å². The largest absolute Gasteiger partial charge is 0.376 e. The molecule has 1 atom stereocenters. The molecule has 3 aromatic rings. The van der Waals surface area contributed by atoms with Gasteiger partial charge in [0.25, 0.3) is 0 Å². The van der Waals surface area contributed by atoms with E-state index in [-0.39, 0.29) is 12.0 Å². The molecule has 0 saturated carbocycles. The summed E-state index contributed by atoms with van der Waals surface area (Å²) in [7, 11) is 0. The Morgan fingerprint density at radius 3 is 2.96 bits per heavy atom. The number of benzene rings is 2. The molecule has 1 aromatic heterocycles. The van der Waals surface area contributed by atoms with Crippen LogP contribution in [0.25, 0.3) is 10.9 Å². The van der Waals surface area contributed by atoms with Crippen LogP contribution >= 0.6 is 11.8 Å². The third-order valence-electron chi connectivity index (χ3n) is 5.10. The van der Waals surface area contributed by atoms with E-state index in [9.17, 15) is 4.79 Å². The van der Waals surface area contributed by atoms with Crippen molar-refractivity contribution in [3.8, 4) is 0 Å². The normalized spacial score (nSPS) is 16.5.